The second-order valence-corrected chi connectivity index (χ2v) is 9.17. The first kappa shape index (κ1) is 18.8. The highest BCUT2D eigenvalue weighted by Gasteiger charge is 2.56. The van der Waals surface area contributed by atoms with Crippen molar-refractivity contribution >= 4 is 11.9 Å². The molecule has 1 atom stereocenters. The quantitative estimate of drug-likeness (QED) is 0.877. The highest BCUT2D eigenvalue weighted by Crippen LogP contribution is 2.53. The van der Waals surface area contributed by atoms with E-state index in [-0.39, 0.29) is 17.6 Å². The molecule has 0 bridgehead atoms. The summed E-state index contributed by atoms with van der Waals surface area (Å²) < 4.78 is 7.49. The Hall–Kier alpha value is -2.57. The average molecular weight is 383 g/mol. The molecule has 1 spiro atoms. The third-order valence-electron chi connectivity index (χ3n) is 5.58. The van der Waals surface area contributed by atoms with E-state index in [1.807, 2.05) is 56.5 Å². The van der Waals surface area contributed by atoms with Crippen LogP contribution in [-0.2, 0) is 11.8 Å². The summed E-state index contributed by atoms with van der Waals surface area (Å²) in [5.41, 5.74) is 2.59. The number of hydrogen-bond donors (Lipinski definition) is 1. The number of imidazole rings is 1. The van der Waals surface area contributed by atoms with Crippen LogP contribution in [0.15, 0.2) is 24.7 Å². The Morgan fingerprint density at radius 3 is 2.64 bits per heavy atom. The van der Waals surface area contributed by atoms with Crippen LogP contribution in [0.1, 0.15) is 39.3 Å². The molecular weight excluding hydrogens is 354 g/mol. The minimum Gasteiger partial charge on any atom is -0.444 e. The Kier molecular flexibility index (Phi) is 4.36. The summed E-state index contributed by atoms with van der Waals surface area (Å²) in [5, 5.41) is 3.58. The molecule has 1 N–H and O–H groups in total. The highest BCUT2D eigenvalue weighted by molar-refractivity contribution is 5.69. The molecule has 1 saturated carbocycles. The van der Waals surface area contributed by atoms with E-state index in [9.17, 15) is 4.79 Å². The first-order valence-electron chi connectivity index (χ1n) is 9.86. The Bertz CT molecular complexity index is 894. The maximum Gasteiger partial charge on any atom is 0.410 e. The molecule has 1 aliphatic carbocycles. The van der Waals surface area contributed by atoms with E-state index in [0.717, 1.165) is 42.2 Å². The fraction of sp³-hybridized carbons (Fsp3) is 0.571. The molecule has 1 amide bonds. The van der Waals surface area contributed by atoms with E-state index >= 15 is 0 Å². The molecule has 0 radical (unpaired) electrons. The number of aryl methyl sites for hydroxylation is 2. The summed E-state index contributed by atoms with van der Waals surface area (Å²) >= 11 is 0. The summed E-state index contributed by atoms with van der Waals surface area (Å²) in [7, 11) is 1.96. The maximum absolute atomic E-state index is 12.5. The lowest BCUT2D eigenvalue weighted by Crippen LogP contribution is -2.36. The topological polar surface area (TPSA) is 72.3 Å². The third kappa shape index (κ3) is 3.70. The number of nitrogens with one attached hydrogen (secondary N) is 1. The average Bonchev–Trinajstić information content (AvgIpc) is 3.10. The van der Waals surface area contributed by atoms with Crippen LogP contribution in [-0.4, -0.2) is 50.3 Å². The van der Waals surface area contributed by atoms with Gasteiger partial charge in [0.15, 0.2) is 0 Å². The second kappa shape index (κ2) is 6.50. The van der Waals surface area contributed by atoms with Crippen LogP contribution in [0.4, 0.5) is 10.6 Å². The van der Waals surface area contributed by atoms with Gasteiger partial charge in [0, 0.05) is 43.0 Å². The molecule has 2 fully saturated rings. The standard InChI is InChI=1S/C21H29N5O2/c1-14-15(16-10-25(5)13-22-16)6-7-18(23-14)24-17-11-26(12-21(17)8-9-21)19(27)28-20(2,3)4/h6-7,10,13,17H,8-9,11-12H2,1-5H3,(H,23,24)/t17-/m1/s1. The van der Waals surface area contributed by atoms with Gasteiger partial charge in [0.1, 0.15) is 11.4 Å². The molecule has 0 unspecified atom stereocenters. The fourth-order valence-electron chi connectivity index (χ4n) is 3.94. The Balaban J connectivity index is 1.47. The van der Waals surface area contributed by atoms with Gasteiger partial charge in [-0.1, -0.05) is 0 Å². The number of hydrogen-bond acceptors (Lipinski definition) is 5. The number of nitrogens with zero attached hydrogens (tertiary/aromatic N) is 4. The van der Waals surface area contributed by atoms with Crippen molar-refractivity contribution in [2.75, 3.05) is 18.4 Å². The second-order valence-electron chi connectivity index (χ2n) is 9.17. The van der Waals surface area contributed by atoms with E-state index in [2.05, 4.69) is 16.4 Å². The van der Waals surface area contributed by atoms with Crippen molar-refractivity contribution in [2.45, 2.75) is 52.2 Å². The van der Waals surface area contributed by atoms with Crippen LogP contribution < -0.4 is 5.32 Å². The van der Waals surface area contributed by atoms with Crippen molar-refractivity contribution in [1.29, 1.82) is 0 Å². The van der Waals surface area contributed by atoms with Crippen molar-refractivity contribution in [1.82, 2.24) is 19.4 Å². The van der Waals surface area contributed by atoms with Gasteiger partial charge < -0.3 is 19.5 Å². The van der Waals surface area contributed by atoms with Gasteiger partial charge in [-0.3, -0.25) is 0 Å². The van der Waals surface area contributed by atoms with Gasteiger partial charge in [-0.05, 0) is 52.7 Å². The zero-order valence-electron chi connectivity index (χ0n) is 17.3. The number of amides is 1. The maximum atomic E-state index is 12.5. The molecule has 2 aliphatic rings. The molecule has 1 saturated heterocycles. The van der Waals surface area contributed by atoms with Gasteiger partial charge in [-0.15, -0.1) is 0 Å². The molecule has 2 aromatic heterocycles. The molecule has 7 heteroatoms. The summed E-state index contributed by atoms with van der Waals surface area (Å²) in [6.07, 6.45) is 5.83. The van der Waals surface area contributed by atoms with Crippen LogP contribution in [0.5, 0.6) is 0 Å². The van der Waals surface area contributed by atoms with E-state index < -0.39 is 5.60 Å². The number of rotatable bonds is 3. The molecule has 150 valence electrons. The van der Waals surface area contributed by atoms with Crippen molar-refractivity contribution < 1.29 is 9.53 Å². The number of pyridine rings is 1. The largest absolute Gasteiger partial charge is 0.444 e. The molecule has 4 rings (SSSR count). The fourth-order valence-corrected chi connectivity index (χ4v) is 3.94. The zero-order chi connectivity index (χ0) is 20.1. The minimum atomic E-state index is -0.473. The van der Waals surface area contributed by atoms with Gasteiger partial charge in [0.25, 0.3) is 0 Å². The predicted molar refractivity (Wildman–Crippen MR) is 108 cm³/mol. The zero-order valence-corrected chi connectivity index (χ0v) is 17.3. The minimum absolute atomic E-state index is 0.159. The van der Waals surface area contributed by atoms with Gasteiger partial charge in [0.05, 0.1) is 18.1 Å². The molecule has 28 heavy (non-hydrogen) atoms. The number of anilines is 1. The van der Waals surface area contributed by atoms with Gasteiger partial charge in [-0.25, -0.2) is 14.8 Å². The number of carbonyl (C=O) groups excluding carboxylic acids is 1. The van der Waals surface area contributed by atoms with Crippen molar-refractivity contribution in [2.24, 2.45) is 12.5 Å². The van der Waals surface area contributed by atoms with Crippen LogP contribution in [0.2, 0.25) is 0 Å². The number of aromatic nitrogens is 3. The first-order chi connectivity index (χ1) is 13.2. The molecular formula is C21H29N5O2. The number of likely N-dealkylation sites (tertiary alicyclic amines) is 1. The number of ether oxygens (including phenoxy) is 1. The molecule has 7 nitrogen and oxygen atoms in total. The smallest absolute Gasteiger partial charge is 0.410 e. The molecule has 1 aliphatic heterocycles. The monoisotopic (exact) mass is 383 g/mol. The van der Waals surface area contributed by atoms with Crippen LogP contribution >= 0.6 is 0 Å². The summed E-state index contributed by atoms with van der Waals surface area (Å²) in [6.45, 7) is 9.12. The number of carbonyl (C=O) groups is 1. The lowest BCUT2D eigenvalue weighted by Gasteiger charge is -2.24. The molecule has 3 heterocycles. The summed E-state index contributed by atoms with van der Waals surface area (Å²) in [4.78, 5) is 23.5. The van der Waals surface area contributed by atoms with Crippen molar-refractivity contribution in [3.8, 4) is 11.3 Å². The van der Waals surface area contributed by atoms with E-state index in [1.165, 1.54) is 0 Å². The van der Waals surface area contributed by atoms with Crippen LogP contribution in [0.3, 0.4) is 0 Å². The van der Waals surface area contributed by atoms with Gasteiger partial charge in [0.2, 0.25) is 0 Å². The highest BCUT2D eigenvalue weighted by atomic mass is 16.6. The lowest BCUT2D eigenvalue weighted by atomic mass is 10.0. The Morgan fingerprint density at radius 2 is 2.07 bits per heavy atom. The van der Waals surface area contributed by atoms with Crippen LogP contribution in [0, 0.1) is 12.3 Å². The molecule has 2 aromatic rings. The Morgan fingerprint density at radius 1 is 1.32 bits per heavy atom. The lowest BCUT2D eigenvalue weighted by molar-refractivity contribution is 0.0285. The summed E-state index contributed by atoms with van der Waals surface area (Å²) in [6, 6.07) is 4.27. The Labute approximate surface area is 166 Å². The normalized spacial score (nSPS) is 20.5. The SMILES string of the molecule is Cc1nc(N[C@@H]2CN(C(=O)OC(C)(C)C)CC23CC3)ccc1-c1cn(C)cn1. The molecule has 0 aromatic carbocycles. The predicted octanol–water partition coefficient (Wildman–Crippen LogP) is 3.60. The van der Waals surface area contributed by atoms with Crippen molar-refractivity contribution in [3.05, 3.63) is 30.4 Å². The van der Waals surface area contributed by atoms with Crippen LogP contribution in [0.25, 0.3) is 11.3 Å². The van der Waals surface area contributed by atoms with E-state index in [0.29, 0.717) is 6.54 Å². The van der Waals surface area contributed by atoms with Gasteiger partial charge >= 0.3 is 6.09 Å². The van der Waals surface area contributed by atoms with Crippen molar-refractivity contribution in [3.63, 3.8) is 0 Å². The summed E-state index contributed by atoms with van der Waals surface area (Å²) in [5.74, 6) is 0.847. The van der Waals surface area contributed by atoms with E-state index in [1.54, 1.807) is 6.33 Å². The first-order valence-corrected chi connectivity index (χ1v) is 9.86. The van der Waals surface area contributed by atoms with Gasteiger partial charge in [-0.2, -0.15) is 0 Å². The third-order valence-corrected chi connectivity index (χ3v) is 5.58. The van der Waals surface area contributed by atoms with E-state index in [4.69, 9.17) is 9.72 Å².